The lowest BCUT2D eigenvalue weighted by atomic mass is 9.97. The highest BCUT2D eigenvalue weighted by Gasteiger charge is 2.25. The number of para-hydroxylation sites is 3. The Morgan fingerprint density at radius 2 is 0.690 bits per heavy atom. The molecule has 3 aromatic heterocycles. The van der Waals surface area contributed by atoms with Gasteiger partial charge in [-0.05, 0) is 71.3 Å². The molecule has 3 heterocycles. The predicted molar refractivity (Wildman–Crippen MR) is 238 cm³/mol. The Balaban J connectivity index is 1.19. The molecule has 0 saturated heterocycles. The topological polar surface area (TPSA) is 48.5 Å². The zero-order valence-corrected chi connectivity index (χ0v) is 31.4. The van der Waals surface area contributed by atoms with Gasteiger partial charge in [-0.2, -0.15) is 0 Å². The predicted octanol–water partition coefficient (Wildman–Crippen LogP) is 13.2. The van der Waals surface area contributed by atoms with Crippen molar-refractivity contribution in [3.63, 3.8) is 0 Å². The molecule has 0 saturated carbocycles. The molecule has 58 heavy (non-hydrogen) atoms. The Kier molecular flexibility index (Phi) is 8.07. The molecule has 0 radical (unpaired) electrons. The van der Waals surface area contributed by atoms with Crippen LogP contribution in [0.15, 0.2) is 212 Å². The summed E-state index contributed by atoms with van der Waals surface area (Å²) in [5.74, 6) is 1.84. The van der Waals surface area contributed by atoms with Gasteiger partial charge in [-0.3, -0.25) is 0 Å². The van der Waals surface area contributed by atoms with Gasteiger partial charge in [0.25, 0.3) is 0 Å². The average molecular weight is 742 g/mol. The number of nitrogens with zero attached hydrogens (tertiary/aromatic N) is 5. The van der Waals surface area contributed by atoms with Crippen molar-refractivity contribution in [3.05, 3.63) is 212 Å². The van der Waals surface area contributed by atoms with Crippen LogP contribution in [0.1, 0.15) is 0 Å². The molecule has 11 rings (SSSR count). The van der Waals surface area contributed by atoms with E-state index in [0.717, 1.165) is 61.4 Å². The fourth-order valence-corrected chi connectivity index (χ4v) is 8.35. The maximum absolute atomic E-state index is 5.29. The summed E-state index contributed by atoms with van der Waals surface area (Å²) < 4.78 is 4.68. The first kappa shape index (κ1) is 33.4. The minimum Gasteiger partial charge on any atom is -0.309 e. The number of benzene rings is 8. The van der Waals surface area contributed by atoms with E-state index in [-0.39, 0.29) is 0 Å². The van der Waals surface area contributed by atoms with Crippen LogP contribution in [0, 0.1) is 0 Å². The van der Waals surface area contributed by atoms with Gasteiger partial charge >= 0.3 is 0 Å². The molecule has 272 valence electrons. The molecule has 0 fully saturated rings. The van der Waals surface area contributed by atoms with Gasteiger partial charge in [-0.15, -0.1) is 0 Å². The maximum atomic E-state index is 5.29. The standard InChI is InChI=1S/C53H35N5/c1-6-18-36(19-7-1)49-45-35-40(39-30-32-47-44(34-39)43-28-16-17-29-46(43)57(47)41-24-12-4-13-25-41)31-33-48(45)58(42-26-14-5-15-27-42)50(49)53-55-51(37-20-8-2-9-21-37)54-52(56-53)38-22-10-3-11-23-38/h1-35H. The summed E-state index contributed by atoms with van der Waals surface area (Å²) in [6, 6.07) is 74.5. The van der Waals surface area contributed by atoms with E-state index in [1.165, 1.54) is 21.8 Å². The van der Waals surface area contributed by atoms with Crippen molar-refractivity contribution in [2.24, 2.45) is 0 Å². The molecule has 5 nitrogen and oxygen atoms in total. The summed E-state index contributed by atoms with van der Waals surface area (Å²) in [5, 5.41) is 3.55. The van der Waals surface area contributed by atoms with Gasteiger partial charge in [0.05, 0.1) is 22.2 Å². The number of hydrogen-bond acceptors (Lipinski definition) is 3. The van der Waals surface area contributed by atoms with E-state index >= 15 is 0 Å². The minimum absolute atomic E-state index is 0.600. The molecule has 0 atom stereocenters. The van der Waals surface area contributed by atoms with Gasteiger partial charge in [-0.25, -0.2) is 15.0 Å². The van der Waals surface area contributed by atoms with E-state index in [0.29, 0.717) is 17.5 Å². The molecule has 0 aliphatic heterocycles. The number of rotatable bonds is 7. The van der Waals surface area contributed by atoms with Gasteiger partial charge < -0.3 is 9.13 Å². The van der Waals surface area contributed by atoms with Crippen LogP contribution >= 0.6 is 0 Å². The van der Waals surface area contributed by atoms with Gasteiger partial charge in [-0.1, -0.05) is 158 Å². The normalized spacial score (nSPS) is 11.4. The Bertz CT molecular complexity index is 3190. The third-order valence-corrected chi connectivity index (χ3v) is 11.0. The van der Waals surface area contributed by atoms with Crippen LogP contribution in [-0.4, -0.2) is 24.1 Å². The molecule has 0 unspecified atom stereocenters. The second-order valence-electron chi connectivity index (χ2n) is 14.5. The molecular weight excluding hydrogens is 707 g/mol. The lowest BCUT2D eigenvalue weighted by molar-refractivity contribution is 1.03. The van der Waals surface area contributed by atoms with Gasteiger partial charge in [0.1, 0.15) is 0 Å². The van der Waals surface area contributed by atoms with E-state index in [2.05, 4.69) is 185 Å². The first-order valence-corrected chi connectivity index (χ1v) is 19.5. The molecule has 0 aliphatic carbocycles. The molecule has 8 aromatic carbocycles. The van der Waals surface area contributed by atoms with Crippen molar-refractivity contribution >= 4 is 32.7 Å². The molecule has 0 amide bonds. The van der Waals surface area contributed by atoms with Gasteiger partial charge in [0.15, 0.2) is 17.5 Å². The highest BCUT2D eigenvalue weighted by Crippen LogP contribution is 2.44. The van der Waals surface area contributed by atoms with Crippen molar-refractivity contribution in [1.29, 1.82) is 0 Å². The third kappa shape index (κ3) is 5.68. The molecule has 0 N–H and O–H groups in total. The van der Waals surface area contributed by atoms with Crippen LogP contribution in [0.2, 0.25) is 0 Å². The Hall–Kier alpha value is -7.89. The van der Waals surface area contributed by atoms with E-state index < -0.39 is 0 Å². The quantitative estimate of drug-likeness (QED) is 0.163. The van der Waals surface area contributed by atoms with E-state index in [1.54, 1.807) is 0 Å². The van der Waals surface area contributed by atoms with Crippen molar-refractivity contribution in [3.8, 4) is 67.9 Å². The van der Waals surface area contributed by atoms with Crippen molar-refractivity contribution in [2.45, 2.75) is 0 Å². The molecule has 5 heteroatoms. The van der Waals surface area contributed by atoms with E-state index in [4.69, 9.17) is 15.0 Å². The third-order valence-electron chi connectivity index (χ3n) is 11.0. The lowest BCUT2D eigenvalue weighted by Crippen LogP contribution is -2.05. The number of fused-ring (bicyclic) bond motifs is 4. The summed E-state index contributed by atoms with van der Waals surface area (Å²) in [5.41, 5.74) is 12.8. The monoisotopic (exact) mass is 741 g/mol. The summed E-state index contributed by atoms with van der Waals surface area (Å²) >= 11 is 0. The largest absolute Gasteiger partial charge is 0.309 e. The van der Waals surface area contributed by atoms with Crippen LogP contribution in [0.25, 0.3) is 101 Å². The van der Waals surface area contributed by atoms with Crippen LogP contribution in [0.3, 0.4) is 0 Å². The van der Waals surface area contributed by atoms with Gasteiger partial charge in [0, 0.05) is 44.2 Å². The van der Waals surface area contributed by atoms with E-state index in [1.807, 2.05) is 36.4 Å². The van der Waals surface area contributed by atoms with Gasteiger partial charge in [0.2, 0.25) is 0 Å². The molecule has 0 spiro atoms. The summed E-state index contributed by atoms with van der Waals surface area (Å²) in [6.45, 7) is 0. The number of hydrogen-bond donors (Lipinski definition) is 0. The molecule has 0 aliphatic rings. The van der Waals surface area contributed by atoms with Crippen LogP contribution < -0.4 is 0 Å². The fourth-order valence-electron chi connectivity index (χ4n) is 8.35. The zero-order chi connectivity index (χ0) is 38.4. The zero-order valence-electron chi connectivity index (χ0n) is 31.4. The summed E-state index contributed by atoms with van der Waals surface area (Å²) in [6.07, 6.45) is 0. The Morgan fingerprint density at radius 1 is 0.276 bits per heavy atom. The van der Waals surface area contributed by atoms with E-state index in [9.17, 15) is 0 Å². The highest BCUT2D eigenvalue weighted by molar-refractivity contribution is 6.11. The second kappa shape index (κ2) is 14.0. The highest BCUT2D eigenvalue weighted by atomic mass is 15.1. The smallest absolute Gasteiger partial charge is 0.181 e. The van der Waals surface area contributed by atoms with Crippen LogP contribution in [0.4, 0.5) is 0 Å². The fraction of sp³-hybridized carbons (Fsp3) is 0. The van der Waals surface area contributed by atoms with Crippen molar-refractivity contribution < 1.29 is 0 Å². The van der Waals surface area contributed by atoms with Crippen LogP contribution in [0.5, 0.6) is 0 Å². The van der Waals surface area contributed by atoms with Crippen LogP contribution in [-0.2, 0) is 0 Å². The summed E-state index contributed by atoms with van der Waals surface area (Å²) in [7, 11) is 0. The Labute approximate surface area is 335 Å². The first-order valence-electron chi connectivity index (χ1n) is 19.5. The average Bonchev–Trinajstić information content (AvgIpc) is 3.83. The summed E-state index contributed by atoms with van der Waals surface area (Å²) in [4.78, 5) is 15.6. The van der Waals surface area contributed by atoms with Crippen molar-refractivity contribution in [1.82, 2.24) is 24.1 Å². The molecule has 11 aromatic rings. The minimum atomic E-state index is 0.600. The Morgan fingerprint density at radius 3 is 1.26 bits per heavy atom. The second-order valence-corrected chi connectivity index (χ2v) is 14.5. The maximum Gasteiger partial charge on any atom is 0.181 e. The first-order chi connectivity index (χ1) is 28.8. The SMILES string of the molecule is c1ccc(-c2nc(-c3ccccc3)nc(-c3c(-c4ccccc4)c4cc(-c5ccc6c(c5)c5ccccc5n6-c5ccccc5)ccc4n3-c3ccccc3)n2)cc1. The molecular formula is C53H35N5. The number of aromatic nitrogens is 5. The molecule has 0 bridgehead atoms. The van der Waals surface area contributed by atoms with Crippen molar-refractivity contribution in [2.75, 3.05) is 0 Å². The lowest BCUT2D eigenvalue weighted by Gasteiger charge is -2.14.